The molecule has 0 aromatic heterocycles. The van der Waals surface area contributed by atoms with Crippen molar-refractivity contribution in [2.75, 3.05) is 5.73 Å². The van der Waals surface area contributed by atoms with Crippen molar-refractivity contribution >= 4 is 17.6 Å². The highest BCUT2D eigenvalue weighted by molar-refractivity contribution is 6.27. The maximum atomic E-state index is 9.10. The fourth-order valence-electron chi connectivity index (χ4n) is 0.949. The van der Waals surface area contributed by atoms with Crippen molar-refractivity contribution < 1.29 is 29.3 Å². The first-order valence-electron chi connectivity index (χ1n) is 4.35. The van der Waals surface area contributed by atoms with Gasteiger partial charge in [0.2, 0.25) is 0 Å². The van der Waals surface area contributed by atoms with Crippen molar-refractivity contribution in [3.05, 3.63) is 30.7 Å². The molecule has 0 saturated carbocycles. The van der Waals surface area contributed by atoms with Crippen molar-refractivity contribution in [2.24, 2.45) is 0 Å². The lowest BCUT2D eigenvalue weighted by Gasteiger charge is -2.12. The van der Waals surface area contributed by atoms with Gasteiger partial charge in [0.25, 0.3) is 0 Å². The number of para-hydroxylation sites is 1. The van der Waals surface area contributed by atoms with Crippen molar-refractivity contribution in [3.8, 4) is 11.5 Å². The van der Waals surface area contributed by atoms with E-state index >= 15 is 0 Å². The highest BCUT2D eigenvalue weighted by atomic mass is 16.5. The molecule has 1 aromatic rings. The van der Waals surface area contributed by atoms with E-state index in [1.807, 2.05) is 6.07 Å². The molecule has 7 heteroatoms. The van der Waals surface area contributed by atoms with Crippen LogP contribution in [0.2, 0.25) is 0 Å². The van der Waals surface area contributed by atoms with Gasteiger partial charge in [0.05, 0.1) is 5.69 Å². The number of rotatable bonds is 0. The number of carboxylic acids is 2. The summed E-state index contributed by atoms with van der Waals surface area (Å²) in [7, 11) is 0. The normalized spacial score (nSPS) is 11.1. The highest BCUT2D eigenvalue weighted by Gasteiger charge is 2.09. The zero-order valence-corrected chi connectivity index (χ0v) is 8.49. The minimum absolute atomic E-state index is 0.590. The predicted octanol–water partition coefficient (Wildman–Crippen LogP) is 0.667. The molecule has 1 aliphatic heterocycles. The van der Waals surface area contributed by atoms with Crippen LogP contribution in [0.15, 0.2) is 30.7 Å². The van der Waals surface area contributed by atoms with Crippen LogP contribution < -0.4 is 15.2 Å². The van der Waals surface area contributed by atoms with Crippen molar-refractivity contribution in [2.45, 2.75) is 0 Å². The Kier molecular flexibility index (Phi) is 3.93. The molecule has 0 amide bonds. The molecule has 7 nitrogen and oxygen atoms in total. The van der Waals surface area contributed by atoms with Gasteiger partial charge in [-0.1, -0.05) is 6.07 Å². The summed E-state index contributed by atoms with van der Waals surface area (Å²) < 4.78 is 10.2. The maximum absolute atomic E-state index is 9.10. The first-order valence-corrected chi connectivity index (χ1v) is 4.35. The molecule has 2 rings (SSSR count). The molecule has 0 saturated heterocycles. The molecule has 0 fully saturated rings. The summed E-state index contributed by atoms with van der Waals surface area (Å²) in [5, 5.41) is 14.8. The van der Waals surface area contributed by atoms with Gasteiger partial charge < -0.3 is 25.4 Å². The largest absolute Gasteiger partial charge is 0.473 e. The van der Waals surface area contributed by atoms with Gasteiger partial charge in [-0.05, 0) is 12.1 Å². The standard InChI is InChI=1S/C8H7NO2.C2H2O4/c9-6-2-1-3-7-8(6)11-5-4-10-7;3-1(4)2(5)6/h1-5H,9H2;(H,3,4)(H,5,6). The first-order chi connectivity index (χ1) is 8.02. The van der Waals surface area contributed by atoms with E-state index < -0.39 is 11.9 Å². The van der Waals surface area contributed by atoms with Crippen LogP contribution in [0.5, 0.6) is 11.5 Å². The van der Waals surface area contributed by atoms with Gasteiger partial charge >= 0.3 is 11.9 Å². The molecule has 1 aliphatic rings. The summed E-state index contributed by atoms with van der Waals surface area (Å²) in [6.45, 7) is 0. The quantitative estimate of drug-likeness (QED) is 0.449. The molecule has 0 bridgehead atoms. The van der Waals surface area contributed by atoms with E-state index in [1.54, 1.807) is 12.1 Å². The second kappa shape index (κ2) is 5.40. The summed E-state index contributed by atoms with van der Waals surface area (Å²) in [5.41, 5.74) is 6.19. The monoisotopic (exact) mass is 239 g/mol. The number of aliphatic carboxylic acids is 2. The Labute approximate surface area is 95.7 Å². The Hall–Kier alpha value is -2.70. The lowest BCUT2D eigenvalue weighted by molar-refractivity contribution is -0.159. The van der Waals surface area contributed by atoms with Crippen molar-refractivity contribution in [3.63, 3.8) is 0 Å². The summed E-state index contributed by atoms with van der Waals surface area (Å²) in [4.78, 5) is 18.2. The smallest absolute Gasteiger partial charge is 0.414 e. The molecule has 17 heavy (non-hydrogen) atoms. The number of nitrogens with two attached hydrogens (primary N) is 1. The van der Waals surface area contributed by atoms with Gasteiger partial charge in [-0.25, -0.2) is 9.59 Å². The van der Waals surface area contributed by atoms with Crippen molar-refractivity contribution in [1.29, 1.82) is 0 Å². The van der Waals surface area contributed by atoms with Gasteiger partial charge in [-0.2, -0.15) is 0 Å². The molecule has 0 aliphatic carbocycles. The maximum Gasteiger partial charge on any atom is 0.414 e. The third kappa shape index (κ3) is 3.42. The van der Waals surface area contributed by atoms with Gasteiger partial charge in [-0.15, -0.1) is 0 Å². The summed E-state index contributed by atoms with van der Waals surface area (Å²) in [6, 6.07) is 5.38. The van der Waals surface area contributed by atoms with E-state index in [2.05, 4.69) is 0 Å². The average molecular weight is 239 g/mol. The van der Waals surface area contributed by atoms with Gasteiger partial charge in [0.15, 0.2) is 11.5 Å². The molecule has 1 aromatic carbocycles. The molecule has 1 heterocycles. The fraction of sp³-hybridized carbons (Fsp3) is 0. The summed E-state index contributed by atoms with van der Waals surface area (Å²) in [5.74, 6) is -2.40. The number of anilines is 1. The van der Waals surface area contributed by atoms with Gasteiger partial charge in [0.1, 0.15) is 12.5 Å². The van der Waals surface area contributed by atoms with Crippen LogP contribution in [0.1, 0.15) is 0 Å². The average Bonchev–Trinajstić information content (AvgIpc) is 2.30. The van der Waals surface area contributed by atoms with E-state index in [-0.39, 0.29) is 0 Å². The van der Waals surface area contributed by atoms with Crippen molar-refractivity contribution in [1.82, 2.24) is 0 Å². The molecule has 90 valence electrons. The van der Waals surface area contributed by atoms with E-state index in [4.69, 9.17) is 35.0 Å². The van der Waals surface area contributed by atoms with Crippen LogP contribution >= 0.6 is 0 Å². The summed E-state index contributed by atoms with van der Waals surface area (Å²) >= 11 is 0. The SMILES string of the molecule is Nc1cccc2c1OC=CO2.O=C(O)C(=O)O. The van der Waals surface area contributed by atoms with Crippen LogP contribution in [0.4, 0.5) is 5.69 Å². The molecule has 0 atom stereocenters. The molecule has 4 N–H and O–H groups in total. The Bertz CT molecular complexity index is 456. The van der Waals surface area contributed by atoms with Crippen LogP contribution in [-0.4, -0.2) is 22.2 Å². The lowest BCUT2D eigenvalue weighted by Crippen LogP contribution is -2.09. The topological polar surface area (TPSA) is 119 Å². The van der Waals surface area contributed by atoms with Crippen LogP contribution in [0, 0.1) is 0 Å². The lowest BCUT2D eigenvalue weighted by atomic mass is 10.3. The number of carbonyl (C=O) groups is 2. The van der Waals surface area contributed by atoms with Gasteiger partial charge in [0, 0.05) is 0 Å². The molecule has 0 unspecified atom stereocenters. The minimum Gasteiger partial charge on any atom is -0.473 e. The van der Waals surface area contributed by atoms with Gasteiger partial charge in [-0.3, -0.25) is 0 Å². The Morgan fingerprint density at radius 2 is 1.65 bits per heavy atom. The summed E-state index contributed by atoms with van der Waals surface area (Å²) in [6.07, 6.45) is 2.93. The predicted molar refractivity (Wildman–Crippen MR) is 56.5 cm³/mol. The van der Waals surface area contributed by atoms with Crippen LogP contribution in [-0.2, 0) is 9.59 Å². The molecule has 0 spiro atoms. The zero-order valence-electron chi connectivity index (χ0n) is 8.49. The molecular weight excluding hydrogens is 230 g/mol. The first kappa shape index (κ1) is 12.4. The number of hydrogen-bond acceptors (Lipinski definition) is 5. The zero-order chi connectivity index (χ0) is 12.8. The van der Waals surface area contributed by atoms with E-state index in [0.717, 1.165) is 0 Å². The second-order valence-corrected chi connectivity index (χ2v) is 2.79. The number of carboxylic acid groups (broad SMARTS) is 2. The molecular formula is C10H9NO6. The Morgan fingerprint density at radius 1 is 1.06 bits per heavy atom. The Morgan fingerprint density at radius 3 is 2.18 bits per heavy atom. The van der Waals surface area contributed by atoms with E-state index in [9.17, 15) is 0 Å². The fourth-order valence-corrected chi connectivity index (χ4v) is 0.949. The van der Waals surface area contributed by atoms with Crippen LogP contribution in [0.25, 0.3) is 0 Å². The Balaban J connectivity index is 0.000000209. The third-order valence-corrected chi connectivity index (χ3v) is 1.63. The number of nitrogen functional groups attached to an aromatic ring is 1. The second-order valence-electron chi connectivity index (χ2n) is 2.79. The number of benzene rings is 1. The van der Waals surface area contributed by atoms with Crippen LogP contribution in [0.3, 0.4) is 0 Å². The molecule has 0 radical (unpaired) electrons. The number of fused-ring (bicyclic) bond motifs is 1. The minimum atomic E-state index is -1.82. The third-order valence-electron chi connectivity index (χ3n) is 1.63. The highest BCUT2D eigenvalue weighted by Crippen LogP contribution is 2.35. The van der Waals surface area contributed by atoms with E-state index in [0.29, 0.717) is 17.2 Å². The number of hydrogen-bond donors (Lipinski definition) is 3. The number of ether oxygens (including phenoxy) is 2. The van der Waals surface area contributed by atoms with E-state index in [1.165, 1.54) is 12.5 Å².